The molecule has 0 radical (unpaired) electrons. The summed E-state index contributed by atoms with van der Waals surface area (Å²) in [6.45, 7) is 1.45. The molecule has 0 spiro atoms. The number of nitrogens with one attached hydrogen (secondary N) is 3. The van der Waals surface area contributed by atoms with Gasteiger partial charge in [0.25, 0.3) is 0 Å². The fourth-order valence-electron chi connectivity index (χ4n) is 6.90. The number of H-pyrrole nitrogens is 2. The zero-order valence-electron chi connectivity index (χ0n) is 25.3. The van der Waals surface area contributed by atoms with Gasteiger partial charge in [-0.15, -0.1) is 0 Å². The van der Waals surface area contributed by atoms with E-state index in [1.54, 1.807) is 0 Å². The summed E-state index contributed by atoms with van der Waals surface area (Å²) in [5.41, 5.74) is 38.7. The number of rotatable bonds is 12. The fraction of sp³-hybridized carbons (Fsp3) is 0.294. The van der Waals surface area contributed by atoms with Crippen LogP contribution in [-0.2, 0) is 25.7 Å². The van der Waals surface area contributed by atoms with E-state index in [-0.39, 0.29) is 0 Å². The van der Waals surface area contributed by atoms with Gasteiger partial charge in [-0.3, -0.25) is 0 Å². The van der Waals surface area contributed by atoms with Gasteiger partial charge in [0.05, 0.1) is 16.7 Å². The number of azide groups is 3. The predicted molar refractivity (Wildman–Crippen MR) is 185 cm³/mol. The number of hydrogen-bond donors (Lipinski definition) is 3. The van der Waals surface area contributed by atoms with Crippen molar-refractivity contribution in [2.75, 3.05) is 25.0 Å². The molecule has 4 aromatic carbocycles. The van der Waals surface area contributed by atoms with Crippen LogP contribution in [0.4, 0.5) is 11.4 Å². The quantitative estimate of drug-likeness (QED) is 0.0529. The van der Waals surface area contributed by atoms with Crippen molar-refractivity contribution < 1.29 is 0 Å². The van der Waals surface area contributed by atoms with Gasteiger partial charge in [-0.05, 0) is 108 Å². The van der Waals surface area contributed by atoms with Crippen molar-refractivity contribution in [3.8, 4) is 0 Å². The summed E-state index contributed by atoms with van der Waals surface area (Å²) in [5, 5.41) is 19.6. The molecule has 1 aliphatic rings. The Morgan fingerprint density at radius 3 is 1.72 bits per heavy atom. The molecule has 7 rings (SSSR count). The minimum Gasteiger partial charge on any atom is -0.354 e. The average Bonchev–Trinajstić information content (AvgIpc) is 3.65. The Balaban J connectivity index is 1.39. The van der Waals surface area contributed by atoms with Gasteiger partial charge in [-0.2, -0.15) is 0 Å². The normalized spacial score (nSPS) is 11.9. The van der Waals surface area contributed by atoms with Crippen molar-refractivity contribution in [1.82, 2.24) is 9.97 Å². The van der Waals surface area contributed by atoms with E-state index in [4.69, 9.17) is 16.6 Å². The SMILES string of the molecule is [N-]=[N+]=NCCCc1ccc2c(c1)Cc1c(c3c4cc(CCCN=[N+]=[N-])ccc4[nH]c3c3c1[nH]c1ccc(CCCN=[N+]=[N-])cc13)N2. The lowest BCUT2D eigenvalue weighted by atomic mass is 9.90. The van der Waals surface area contributed by atoms with Crippen LogP contribution in [-0.4, -0.2) is 29.6 Å². The van der Waals surface area contributed by atoms with Gasteiger partial charge in [0, 0.05) is 84.6 Å². The number of aromatic amines is 2. The number of anilines is 2. The number of aryl methyl sites for hydroxylation is 3. The van der Waals surface area contributed by atoms with Gasteiger partial charge in [-0.1, -0.05) is 39.6 Å². The highest BCUT2D eigenvalue weighted by Crippen LogP contribution is 2.47. The summed E-state index contributed by atoms with van der Waals surface area (Å²) < 4.78 is 0. The molecular weight excluding hydrogens is 576 g/mol. The van der Waals surface area contributed by atoms with Crippen molar-refractivity contribution in [3.63, 3.8) is 0 Å². The lowest BCUT2D eigenvalue weighted by Crippen LogP contribution is -2.09. The molecule has 0 atom stereocenters. The van der Waals surface area contributed by atoms with Crippen LogP contribution in [0, 0.1) is 0 Å². The summed E-state index contributed by atoms with van der Waals surface area (Å²) in [6, 6.07) is 19.8. The molecule has 228 valence electrons. The zero-order chi connectivity index (χ0) is 31.5. The summed E-state index contributed by atoms with van der Waals surface area (Å²) in [4.78, 5) is 16.2. The molecule has 6 aromatic rings. The molecular formula is C34H32N12. The van der Waals surface area contributed by atoms with E-state index in [1.165, 1.54) is 49.4 Å². The topological polar surface area (TPSA) is 190 Å². The van der Waals surface area contributed by atoms with E-state index < -0.39 is 0 Å². The van der Waals surface area contributed by atoms with Crippen LogP contribution in [0.5, 0.6) is 0 Å². The molecule has 0 unspecified atom stereocenters. The fourth-order valence-corrected chi connectivity index (χ4v) is 6.90. The minimum atomic E-state index is 0.477. The Morgan fingerprint density at radius 2 is 1.13 bits per heavy atom. The standard InChI is InChI=1S/C34H32N12/c35-44-38-13-1-4-20-7-10-27-23(16-20)19-26-32(41-27)30-25-18-22(6-3-15-40-46-37)9-12-29(25)43-34(30)31-24-17-21(5-2-14-39-45-36)8-11-28(24)42-33(26)31/h7-12,16-18,41-43H,1-6,13-15,19H2. The van der Waals surface area contributed by atoms with Crippen molar-refractivity contribution in [2.24, 2.45) is 15.3 Å². The smallest absolute Gasteiger partial charge is 0.0587 e. The van der Waals surface area contributed by atoms with Crippen LogP contribution in [0.15, 0.2) is 69.9 Å². The molecule has 2 aromatic heterocycles. The largest absolute Gasteiger partial charge is 0.354 e. The van der Waals surface area contributed by atoms with Gasteiger partial charge in [0.1, 0.15) is 0 Å². The van der Waals surface area contributed by atoms with Crippen LogP contribution in [0.2, 0.25) is 0 Å². The summed E-state index contributed by atoms with van der Waals surface area (Å²) in [5.74, 6) is 0. The Hall–Kier alpha value is -5.79. The van der Waals surface area contributed by atoms with E-state index in [2.05, 4.69) is 100.0 Å². The van der Waals surface area contributed by atoms with Crippen LogP contribution in [0.1, 0.15) is 47.1 Å². The Kier molecular flexibility index (Phi) is 7.98. The van der Waals surface area contributed by atoms with Gasteiger partial charge in [0.2, 0.25) is 0 Å². The number of fused-ring (bicyclic) bond motifs is 11. The van der Waals surface area contributed by atoms with Gasteiger partial charge < -0.3 is 15.3 Å². The molecule has 0 bridgehead atoms. The van der Waals surface area contributed by atoms with Crippen molar-refractivity contribution in [2.45, 2.75) is 44.9 Å². The Morgan fingerprint density at radius 1 is 0.609 bits per heavy atom. The van der Waals surface area contributed by atoms with E-state index in [0.717, 1.165) is 78.4 Å². The first kappa shape index (κ1) is 29.0. The second kappa shape index (κ2) is 12.7. The first-order valence-electron chi connectivity index (χ1n) is 15.6. The summed E-state index contributed by atoms with van der Waals surface area (Å²) >= 11 is 0. The number of benzene rings is 4. The van der Waals surface area contributed by atoms with E-state index in [9.17, 15) is 0 Å². The molecule has 3 N–H and O–H groups in total. The molecule has 12 nitrogen and oxygen atoms in total. The highest BCUT2D eigenvalue weighted by molar-refractivity contribution is 6.29. The molecule has 0 saturated heterocycles. The molecule has 46 heavy (non-hydrogen) atoms. The van der Waals surface area contributed by atoms with E-state index in [0.29, 0.717) is 19.6 Å². The number of hydrogen-bond acceptors (Lipinski definition) is 4. The first-order valence-corrected chi connectivity index (χ1v) is 15.6. The minimum absolute atomic E-state index is 0.477. The number of nitrogens with zero attached hydrogens (tertiary/aromatic N) is 9. The van der Waals surface area contributed by atoms with Crippen LogP contribution < -0.4 is 5.32 Å². The lowest BCUT2D eigenvalue weighted by molar-refractivity contribution is 0.826. The lowest BCUT2D eigenvalue weighted by Gasteiger charge is -2.24. The van der Waals surface area contributed by atoms with Gasteiger partial charge >= 0.3 is 0 Å². The second-order valence-corrected chi connectivity index (χ2v) is 11.8. The second-order valence-electron chi connectivity index (χ2n) is 11.8. The summed E-state index contributed by atoms with van der Waals surface area (Å²) in [7, 11) is 0. The van der Waals surface area contributed by atoms with Crippen molar-refractivity contribution in [1.29, 1.82) is 0 Å². The number of aromatic nitrogens is 2. The van der Waals surface area contributed by atoms with E-state index >= 15 is 0 Å². The highest BCUT2D eigenvalue weighted by atomic mass is 15.1. The molecule has 0 fully saturated rings. The molecule has 12 heteroatoms. The predicted octanol–water partition coefficient (Wildman–Crippen LogP) is 10.3. The Bertz CT molecular complexity index is 2270. The zero-order valence-corrected chi connectivity index (χ0v) is 25.3. The molecule has 0 amide bonds. The Labute approximate surface area is 263 Å². The third-order valence-electron chi connectivity index (χ3n) is 8.99. The highest BCUT2D eigenvalue weighted by Gasteiger charge is 2.26. The maximum atomic E-state index is 8.69. The maximum absolute atomic E-state index is 8.69. The van der Waals surface area contributed by atoms with Gasteiger partial charge in [0.15, 0.2) is 0 Å². The van der Waals surface area contributed by atoms with E-state index in [1.807, 2.05) is 0 Å². The third-order valence-corrected chi connectivity index (χ3v) is 8.99. The third kappa shape index (κ3) is 5.38. The monoisotopic (exact) mass is 608 g/mol. The van der Waals surface area contributed by atoms with Gasteiger partial charge in [-0.25, -0.2) is 0 Å². The summed E-state index contributed by atoms with van der Waals surface area (Å²) in [6.07, 6.45) is 5.69. The van der Waals surface area contributed by atoms with Crippen molar-refractivity contribution in [3.05, 3.63) is 114 Å². The average molecular weight is 609 g/mol. The first-order chi connectivity index (χ1) is 22.7. The molecule has 1 aliphatic heterocycles. The molecule has 0 aliphatic carbocycles. The van der Waals surface area contributed by atoms with Crippen LogP contribution in [0.3, 0.4) is 0 Å². The van der Waals surface area contributed by atoms with Crippen LogP contribution >= 0.6 is 0 Å². The molecule has 0 saturated carbocycles. The maximum Gasteiger partial charge on any atom is 0.0587 e. The molecule has 3 heterocycles. The van der Waals surface area contributed by atoms with Crippen LogP contribution in [0.25, 0.3) is 74.9 Å². The van der Waals surface area contributed by atoms with Crippen molar-refractivity contribution >= 4 is 55.0 Å².